The minimum atomic E-state index is -0.493. The molecule has 1 aliphatic carbocycles. The van der Waals surface area contributed by atoms with Crippen molar-refractivity contribution in [2.75, 3.05) is 13.1 Å². The maximum atomic E-state index is 12.7. The average molecular weight is 455 g/mol. The van der Waals surface area contributed by atoms with Crippen molar-refractivity contribution in [2.45, 2.75) is 65.9 Å². The number of amides is 2. The largest absolute Gasteiger partial charge is 0.444 e. The summed E-state index contributed by atoms with van der Waals surface area (Å²) in [5.74, 6) is -0.0584. The van der Waals surface area contributed by atoms with Crippen LogP contribution in [0.25, 0.3) is 5.57 Å². The van der Waals surface area contributed by atoms with Crippen molar-refractivity contribution in [1.82, 2.24) is 10.2 Å². The van der Waals surface area contributed by atoms with E-state index < -0.39 is 5.60 Å². The molecule has 1 N–H and O–H groups in total. The Balaban J connectivity index is 1.59. The molecule has 0 aromatic carbocycles. The fraction of sp³-hybridized carbons (Fsp3) is 0.462. The normalized spacial score (nSPS) is 17.3. The SMILES string of the molecule is CC/C=C(\C)C1=CC=C(NC(=O)c2cc(C3=CCN(C(=O)OC(C)(C)C)CC3)cs2)CC1. The summed E-state index contributed by atoms with van der Waals surface area (Å²) in [7, 11) is 0. The second kappa shape index (κ2) is 10.3. The summed E-state index contributed by atoms with van der Waals surface area (Å²) in [6.45, 7) is 11.0. The predicted molar refractivity (Wildman–Crippen MR) is 132 cm³/mol. The highest BCUT2D eigenvalue weighted by Gasteiger charge is 2.24. The Morgan fingerprint density at radius 1 is 1.22 bits per heavy atom. The van der Waals surface area contributed by atoms with Crippen molar-refractivity contribution >= 4 is 28.9 Å². The van der Waals surface area contributed by atoms with Gasteiger partial charge in [-0.15, -0.1) is 11.3 Å². The lowest BCUT2D eigenvalue weighted by atomic mass is 9.96. The quantitative estimate of drug-likeness (QED) is 0.555. The molecule has 2 amide bonds. The van der Waals surface area contributed by atoms with Crippen LogP contribution in [-0.4, -0.2) is 35.6 Å². The molecule has 172 valence electrons. The van der Waals surface area contributed by atoms with Gasteiger partial charge in [0.25, 0.3) is 5.91 Å². The van der Waals surface area contributed by atoms with Gasteiger partial charge in [-0.05, 0) is 87.6 Å². The second-order valence-electron chi connectivity index (χ2n) is 9.24. The second-order valence-corrected chi connectivity index (χ2v) is 10.1. The van der Waals surface area contributed by atoms with E-state index in [1.807, 2.05) is 38.3 Å². The molecule has 2 heterocycles. The van der Waals surface area contributed by atoms with Gasteiger partial charge >= 0.3 is 6.09 Å². The van der Waals surface area contributed by atoms with Crippen LogP contribution >= 0.6 is 11.3 Å². The zero-order chi connectivity index (χ0) is 23.3. The van der Waals surface area contributed by atoms with Gasteiger partial charge in [0.1, 0.15) is 5.60 Å². The molecule has 0 saturated carbocycles. The van der Waals surface area contributed by atoms with Crippen molar-refractivity contribution in [3.63, 3.8) is 0 Å². The summed E-state index contributed by atoms with van der Waals surface area (Å²) >= 11 is 1.46. The van der Waals surface area contributed by atoms with Crippen LogP contribution in [0.4, 0.5) is 4.79 Å². The number of carbonyl (C=O) groups is 2. The molecule has 0 saturated heterocycles. The van der Waals surface area contributed by atoms with Crippen LogP contribution in [0.15, 0.2) is 52.6 Å². The zero-order valence-electron chi connectivity index (χ0n) is 19.8. The van der Waals surface area contributed by atoms with Crippen LogP contribution in [0.3, 0.4) is 0 Å². The fourth-order valence-electron chi connectivity index (χ4n) is 3.76. The highest BCUT2D eigenvalue weighted by Crippen LogP contribution is 2.28. The molecule has 0 spiro atoms. The van der Waals surface area contributed by atoms with Gasteiger partial charge < -0.3 is 15.0 Å². The molecule has 0 unspecified atom stereocenters. The van der Waals surface area contributed by atoms with Crippen LogP contribution in [0, 0.1) is 0 Å². The zero-order valence-corrected chi connectivity index (χ0v) is 20.6. The first-order valence-corrected chi connectivity index (χ1v) is 12.2. The van der Waals surface area contributed by atoms with Gasteiger partial charge in [0.05, 0.1) is 4.88 Å². The number of allylic oxidation sites excluding steroid dienone is 6. The van der Waals surface area contributed by atoms with Crippen molar-refractivity contribution in [1.29, 1.82) is 0 Å². The topological polar surface area (TPSA) is 58.6 Å². The standard InChI is InChI=1S/C26H34N2O3S/c1-6-7-18(2)19-8-10-22(11-9-19)27-24(29)23-16-21(17-32-23)20-12-14-28(15-13-20)25(30)31-26(3,4)5/h7-8,10,12,16-17H,6,9,11,13-15H2,1-5H3,(H,27,29)/b18-7+. The Labute approximate surface area is 195 Å². The number of hydrogen-bond acceptors (Lipinski definition) is 4. The molecule has 1 aliphatic heterocycles. The van der Waals surface area contributed by atoms with E-state index in [1.165, 1.54) is 28.1 Å². The lowest BCUT2D eigenvalue weighted by Crippen LogP contribution is -2.39. The fourth-order valence-corrected chi connectivity index (χ4v) is 4.59. The smallest absolute Gasteiger partial charge is 0.410 e. The monoisotopic (exact) mass is 454 g/mol. The molecule has 1 aromatic rings. The lowest BCUT2D eigenvalue weighted by molar-refractivity contribution is 0.0270. The first kappa shape index (κ1) is 24.1. The summed E-state index contributed by atoms with van der Waals surface area (Å²) in [5.41, 5.74) is 5.36. The molecular formula is C26H34N2O3S. The third kappa shape index (κ3) is 6.45. The summed E-state index contributed by atoms with van der Waals surface area (Å²) in [6, 6.07) is 1.95. The number of carbonyl (C=O) groups excluding carboxylic acids is 2. The lowest BCUT2D eigenvalue weighted by Gasteiger charge is -2.29. The molecule has 0 radical (unpaired) electrons. The molecule has 32 heavy (non-hydrogen) atoms. The van der Waals surface area contributed by atoms with E-state index in [0.717, 1.165) is 36.9 Å². The number of nitrogens with one attached hydrogen (secondary N) is 1. The van der Waals surface area contributed by atoms with Gasteiger partial charge in [0.15, 0.2) is 0 Å². The molecule has 5 nitrogen and oxygen atoms in total. The predicted octanol–water partition coefficient (Wildman–Crippen LogP) is 6.46. The Kier molecular flexibility index (Phi) is 7.77. The summed E-state index contributed by atoms with van der Waals surface area (Å²) in [4.78, 5) is 27.4. The van der Waals surface area contributed by atoms with E-state index in [0.29, 0.717) is 18.0 Å². The summed E-state index contributed by atoms with van der Waals surface area (Å²) in [6.07, 6.45) is 11.7. The van der Waals surface area contributed by atoms with Crippen LogP contribution in [0.5, 0.6) is 0 Å². The summed E-state index contributed by atoms with van der Waals surface area (Å²) in [5, 5.41) is 5.09. The van der Waals surface area contributed by atoms with Crippen molar-refractivity contribution in [3.05, 3.63) is 63.0 Å². The van der Waals surface area contributed by atoms with Crippen LogP contribution in [0.1, 0.15) is 75.5 Å². The average Bonchev–Trinajstić information content (AvgIpc) is 3.24. The molecule has 0 fully saturated rings. The van der Waals surface area contributed by atoms with Gasteiger partial charge in [-0.25, -0.2) is 4.79 Å². The number of nitrogens with zero attached hydrogens (tertiary/aromatic N) is 1. The molecule has 0 bridgehead atoms. The Morgan fingerprint density at radius 2 is 2.00 bits per heavy atom. The van der Waals surface area contributed by atoms with Gasteiger partial charge in [-0.2, -0.15) is 0 Å². The van der Waals surface area contributed by atoms with E-state index in [4.69, 9.17) is 4.74 Å². The Bertz CT molecular complexity index is 989. The molecule has 2 aliphatic rings. The minimum absolute atomic E-state index is 0.0584. The highest BCUT2D eigenvalue weighted by atomic mass is 32.1. The maximum absolute atomic E-state index is 12.7. The molecule has 0 atom stereocenters. The first-order chi connectivity index (χ1) is 15.2. The maximum Gasteiger partial charge on any atom is 0.410 e. The van der Waals surface area contributed by atoms with E-state index in [-0.39, 0.29) is 12.0 Å². The van der Waals surface area contributed by atoms with E-state index in [2.05, 4.69) is 37.4 Å². The number of rotatable bonds is 5. The van der Waals surface area contributed by atoms with Crippen LogP contribution < -0.4 is 5.32 Å². The number of ether oxygens (including phenoxy) is 1. The van der Waals surface area contributed by atoms with E-state index in [1.54, 1.807) is 4.90 Å². The van der Waals surface area contributed by atoms with Gasteiger partial charge in [0.2, 0.25) is 0 Å². The Hall–Kier alpha value is -2.60. The van der Waals surface area contributed by atoms with E-state index >= 15 is 0 Å². The Morgan fingerprint density at radius 3 is 2.59 bits per heavy atom. The number of thiophene rings is 1. The van der Waals surface area contributed by atoms with Gasteiger partial charge in [-0.1, -0.05) is 30.7 Å². The summed E-state index contributed by atoms with van der Waals surface area (Å²) < 4.78 is 5.45. The van der Waals surface area contributed by atoms with Crippen molar-refractivity contribution in [3.8, 4) is 0 Å². The number of hydrogen-bond donors (Lipinski definition) is 1. The van der Waals surface area contributed by atoms with Gasteiger partial charge in [-0.3, -0.25) is 4.79 Å². The third-order valence-corrected chi connectivity index (χ3v) is 6.42. The van der Waals surface area contributed by atoms with Crippen molar-refractivity contribution < 1.29 is 14.3 Å². The van der Waals surface area contributed by atoms with Gasteiger partial charge in [0, 0.05) is 18.8 Å². The minimum Gasteiger partial charge on any atom is -0.444 e. The first-order valence-electron chi connectivity index (χ1n) is 11.3. The van der Waals surface area contributed by atoms with Crippen LogP contribution in [-0.2, 0) is 4.74 Å². The van der Waals surface area contributed by atoms with Crippen LogP contribution in [0.2, 0.25) is 0 Å². The highest BCUT2D eigenvalue weighted by molar-refractivity contribution is 7.12. The molecular weight excluding hydrogens is 420 g/mol. The van der Waals surface area contributed by atoms with Crippen molar-refractivity contribution in [2.24, 2.45) is 0 Å². The van der Waals surface area contributed by atoms with E-state index in [9.17, 15) is 9.59 Å². The molecule has 1 aromatic heterocycles. The molecule has 6 heteroatoms. The third-order valence-electron chi connectivity index (χ3n) is 5.50. The molecule has 3 rings (SSSR count).